The summed E-state index contributed by atoms with van der Waals surface area (Å²) in [4.78, 5) is 5.84. The number of nitriles is 1. The average molecular weight is 313 g/mol. The molecule has 0 saturated heterocycles. The van der Waals surface area contributed by atoms with Crippen molar-refractivity contribution < 1.29 is 0 Å². The third kappa shape index (κ3) is 2.76. The van der Waals surface area contributed by atoms with Gasteiger partial charge in [0.05, 0.1) is 21.3 Å². The number of hydrogen-bond donors (Lipinski definition) is 0. The van der Waals surface area contributed by atoms with Gasteiger partial charge in [0, 0.05) is 7.05 Å². The highest BCUT2D eigenvalue weighted by Gasteiger charge is 2.15. The van der Waals surface area contributed by atoms with E-state index in [4.69, 9.17) is 40.1 Å². The number of nitrogens with zero attached hydrogens (tertiary/aromatic N) is 3. The highest BCUT2D eigenvalue weighted by Crippen LogP contribution is 2.34. The molecule has 3 nitrogen and oxygen atoms in total. The minimum Gasteiger partial charge on any atom is -0.327 e. The van der Waals surface area contributed by atoms with Crippen molar-refractivity contribution in [3.05, 3.63) is 51.1 Å². The van der Waals surface area contributed by atoms with E-state index < -0.39 is 0 Å². The molecule has 1 heterocycles. The molecule has 2 rings (SSSR count). The Bertz CT molecular complexity index is 665. The normalized spacial score (nSPS) is 10.1. The minimum atomic E-state index is 0.169. The zero-order chi connectivity index (χ0) is 14.0. The number of para-hydroxylation sites is 1. The molecule has 0 aliphatic carbocycles. The fourth-order valence-corrected chi connectivity index (χ4v) is 2.27. The van der Waals surface area contributed by atoms with Gasteiger partial charge < -0.3 is 4.90 Å². The minimum absolute atomic E-state index is 0.169. The van der Waals surface area contributed by atoms with Gasteiger partial charge in [-0.3, -0.25) is 0 Å². The summed E-state index contributed by atoms with van der Waals surface area (Å²) in [6, 6.07) is 10.8. The lowest BCUT2D eigenvalue weighted by atomic mass is 10.2. The van der Waals surface area contributed by atoms with Crippen molar-refractivity contribution in [2.45, 2.75) is 0 Å². The molecule has 0 N–H and O–H groups in total. The first-order valence-electron chi connectivity index (χ1n) is 5.29. The molecule has 0 aliphatic heterocycles. The smallest absolute Gasteiger partial charge is 0.153 e. The molecule has 1 aromatic carbocycles. The molecule has 0 spiro atoms. The second-order valence-electron chi connectivity index (χ2n) is 3.75. The molecule has 1 aromatic heterocycles. The predicted octanol–water partition coefficient (Wildman–Crippen LogP) is 4.68. The van der Waals surface area contributed by atoms with Crippen molar-refractivity contribution in [3.8, 4) is 6.07 Å². The van der Waals surface area contributed by atoms with Gasteiger partial charge >= 0.3 is 0 Å². The van der Waals surface area contributed by atoms with E-state index in [1.165, 1.54) is 6.07 Å². The lowest BCUT2D eigenvalue weighted by molar-refractivity contribution is 1.12. The van der Waals surface area contributed by atoms with Crippen LogP contribution in [0.2, 0.25) is 15.2 Å². The van der Waals surface area contributed by atoms with Crippen molar-refractivity contribution >= 4 is 46.3 Å². The lowest BCUT2D eigenvalue weighted by Crippen LogP contribution is -2.13. The number of anilines is 2. The van der Waals surface area contributed by atoms with Crippen LogP contribution in [-0.4, -0.2) is 12.0 Å². The predicted molar refractivity (Wildman–Crippen MR) is 78.5 cm³/mol. The Kier molecular flexibility index (Phi) is 4.16. The third-order valence-corrected chi connectivity index (χ3v) is 3.52. The zero-order valence-corrected chi connectivity index (χ0v) is 12.1. The molecule has 96 valence electrons. The van der Waals surface area contributed by atoms with Crippen LogP contribution in [0.25, 0.3) is 0 Å². The van der Waals surface area contributed by atoms with Gasteiger partial charge in [-0.05, 0) is 18.2 Å². The molecule has 0 atom stereocenters. The van der Waals surface area contributed by atoms with E-state index in [9.17, 15) is 0 Å². The molecule has 6 heteroatoms. The molecule has 0 radical (unpaired) electrons. The fraction of sp³-hybridized carbons (Fsp3) is 0.0769. The van der Waals surface area contributed by atoms with Crippen LogP contribution in [-0.2, 0) is 0 Å². The molecule has 0 saturated carbocycles. The Balaban J connectivity index is 2.54. The van der Waals surface area contributed by atoms with E-state index in [1.807, 2.05) is 6.07 Å². The maximum atomic E-state index is 9.10. The first-order valence-corrected chi connectivity index (χ1v) is 6.42. The molecular formula is C13H8Cl3N3. The number of pyridine rings is 1. The van der Waals surface area contributed by atoms with Gasteiger partial charge in [0.15, 0.2) is 5.82 Å². The number of benzene rings is 1. The molecule has 0 amide bonds. The summed E-state index contributed by atoms with van der Waals surface area (Å²) in [7, 11) is 1.76. The van der Waals surface area contributed by atoms with Crippen LogP contribution in [0.4, 0.5) is 11.5 Å². The Hall–Kier alpha value is -1.47. The lowest BCUT2D eigenvalue weighted by Gasteiger charge is -2.20. The average Bonchev–Trinajstić information content (AvgIpc) is 2.42. The van der Waals surface area contributed by atoms with Gasteiger partial charge in [0.25, 0.3) is 0 Å². The Morgan fingerprint density at radius 2 is 1.84 bits per heavy atom. The zero-order valence-electron chi connectivity index (χ0n) is 9.86. The molecule has 0 aliphatic rings. The van der Waals surface area contributed by atoms with E-state index in [1.54, 1.807) is 30.1 Å². The Morgan fingerprint density at radius 3 is 2.53 bits per heavy atom. The van der Waals surface area contributed by atoms with Crippen molar-refractivity contribution in [1.82, 2.24) is 4.98 Å². The van der Waals surface area contributed by atoms with Crippen molar-refractivity contribution in [3.63, 3.8) is 0 Å². The van der Waals surface area contributed by atoms with Crippen LogP contribution in [0.15, 0.2) is 30.3 Å². The molecule has 0 unspecified atom stereocenters. The number of hydrogen-bond acceptors (Lipinski definition) is 3. The van der Waals surface area contributed by atoms with E-state index in [0.717, 1.165) is 0 Å². The van der Waals surface area contributed by atoms with Crippen LogP contribution in [0.1, 0.15) is 5.56 Å². The molecular weight excluding hydrogens is 305 g/mol. The maximum absolute atomic E-state index is 9.10. The van der Waals surface area contributed by atoms with Crippen molar-refractivity contribution in [2.75, 3.05) is 11.9 Å². The summed E-state index contributed by atoms with van der Waals surface area (Å²) in [5.41, 5.74) is 1.21. The molecule has 2 aromatic rings. The number of halogens is 3. The number of aromatic nitrogens is 1. The maximum Gasteiger partial charge on any atom is 0.153 e. The van der Waals surface area contributed by atoms with Gasteiger partial charge in [-0.1, -0.05) is 46.9 Å². The fourth-order valence-electron chi connectivity index (χ4n) is 1.65. The summed E-state index contributed by atoms with van der Waals surface area (Å²) in [5.74, 6) is 0.443. The monoisotopic (exact) mass is 311 g/mol. The van der Waals surface area contributed by atoms with Gasteiger partial charge in [-0.15, -0.1) is 0 Å². The highest BCUT2D eigenvalue weighted by atomic mass is 35.5. The van der Waals surface area contributed by atoms with Gasteiger partial charge in [-0.25, -0.2) is 4.98 Å². The highest BCUT2D eigenvalue weighted by molar-refractivity contribution is 6.43. The standard InChI is InChI=1S/C13H8Cl3N3/c1-19(11-5-3-2-4-8(11)7-17)13-10(15)6-9(14)12(16)18-13/h2-6H,1H3. The van der Waals surface area contributed by atoms with E-state index in [0.29, 0.717) is 22.1 Å². The van der Waals surface area contributed by atoms with Crippen molar-refractivity contribution in [2.24, 2.45) is 0 Å². The van der Waals surface area contributed by atoms with E-state index in [2.05, 4.69) is 11.1 Å². The Labute approximate surface area is 126 Å². The first kappa shape index (κ1) is 14.0. The van der Waals surface area contributed by atoms with Crippen LogP contribution in [0.5, 0.6) is 0 Å². The summed E-state index contributed by atoms with van der Waals surface area (Å²) < 4.78 is 0. The van der Waals surface area contributed by atoms with Gasteiger partial charge in [-0.2, -0.15) is 5.26 Å². The first-order chi connectivity index (χ1) is 9.04. The van der Waals surface area contributed by atoms with Crippen LogP contribution in [0.3, 0.4) is 0 Å². The summed E-state index contributed by atoms with van der Waals surface area (Å²) >= 11 is 17.9. The quantitative estimate of drug-likeness (QED) is 0.756. The molecule has 19 heavy (non-hydrogen) atoms. The number of rotatable bonds is 2. The van der Waals surface area contributed by atoms with Crippen LogP contribution >= 0.6 is 34.8 Å². The second-order valence-corrected chi connectivity index (χ2v) is 4.93. The van der Waals surface area contributed by atoms with Crippen LogP contribution in [0, 0.1) is 11.3 Å². The third-order valence-electron chi connectivity index (χ3n) is 2.57. The van der Waals surface area contributed by atoms with E-state index >= 15 is 0 Å². The van der Waals surface area contributed by atoms with Gasteiger partial charge in [0.1, 0.15) is 11.2 Å². The molecule has 0 fully saturated rings. The van der Waals surface area contributed by atoms with Gasteiger partial charge in [0.2, 0.25) is 0 Å². The topological polar surface area (TPSA) is 39.9 Å². The second kappa shape index (κ2) is 5.66. The van der Waals surface area contributed by atoms with Crippen LogP contribution < -0.4 is 4.90 Å². The van der Waals surface area contributed by atoms with Crippen molar-refractivity contribution in [1.29, 1.82) is 5.26 Å². The van der Waals surface area contributed by atoms with E-state index in [-0.39, 0.29) is 10.2 Å². The summed E-state index contributed by atoms with van der Waals surface area (Å²) in [6.07, 6.45) is 0. The summed E-state index contributed by atoms with van der Waals surface area (Å²) in [6.45, 7) is 0. The Morgan fingerprint density at radius 1 is 1.16 bits per heavy atom. The largest absolute Gasteiger partial charge is 0.327 e. The summed E-state index contributed by atoms with van der Waals surface area (Å²) in [5, 5.41) is 9.93. The molecule has 0 bridgehead atoms. The SMILES string of the molecule is CN(c1ccccc1C#N)c1nc(Cl)c(Cl)cc1Cl.